The first-order chi connectivity index (χ1) is 22.0. The van der Waals surface area contributed by atoms with Crippen molar-refractivity contribution in [2.24, 2.45) is 7.05 Å². The lowest BCUT2D eigenvalue weighted by molar-refractivity contribution is -0.160. The Morgan fingerprint density at radius 1 is 1.09 bits per heavy atom. The maximum atomic E-state index is 12.7. The molecule has 7 rings (SSSR count). The molecule has 4 heterocycles. The van der Waals surface area contributed by atoms with Crippen molar-refractivity contribution in [3.8, 4) is 21.7 Å². The SMILES string of the molecule is Cc1cc2nc(-c3ccc4c(c3)c(N3CC(N5CCOCC5)C3)nn4C)sc2c(-c2ccc(Cl)cc2)c1[C@H](OC(C)(C)C)C(=O)O. The van der Waals surface area contributed by atoms with Crippen LogP contribution in [0.2, 0.25) is 5.02 Å². The largest absolute Gasteiger partial charge is 0.479 e. The predicted octanol–water partition coefficient (Wildman–Crippen LogP) is 6.94. The normalized spacial score (nSPS) is 17.1. The van der Waals surface area contributed by atoms with E-state index in [2.05, 4.69) is 28.0 Å². The van der Waals surface area contributed by atoms with E-state index >= 15 is 0 Å². The van der Waals surface area contributed by atoms with Crippen LogP contribution in [0, 0.1) is 6.92 Å². The third-order valence-electron chi connectivity index (χ3n) is 8.82. The Bertz CT molecular complexity index is 1940. The molecule has 1 N–H and O–H groups in total. The Hall–Kier alpha value is -3.54. The number of anilines is 1. The lowest BCUT2D eigenvalue weighted by atomic mass is 9.91. The van der Waals surface area contributed by atoms with E-state index in [4.69, 9.17) is 31.2 Å². The number of rotatable bonds is 7. The van der Waals surface area contributed by atoms with Crippen LogP contribution in [0.3, 0.4) is 0 Å². The highest BCUT2D eigenvalue weighted by molar-refractivity contribution is 7.22. The van der Waals surface area contributed by atoms with Gasteiger partial charge in [0.05, 0.1) is 34.5 Å². The number of aromatic nitrogens is 3. The third-order valence-corrected chi connectivity index (χ3v) is 10.2. The number of carboxylic acid groups (broad SMARTS) is 1. The molecule has 2 aliphatic heterocycles. The van der Waals surface area contributed by atoms with Crippen LogP contribution in [0.5, 0.6) is 0 Å². The van der Waals surface area contributed by atoms with Crippen LogP contribution in [0.4, 0.5) is 5.82 Å². The summed E-state index contributed by atoms with van der Waals surface area (Å²) < 4.78 is 14.6. The van der Waals surface area contributed by atoms with Gasteiger partial charge in [-0.3, -0.25) is 9.58 Å². The van der Waals surface area contributed by atoms with Gasteiger partial charge in [-0.05, 0) is 75.2 Å². The van der Waals surface area contributed by atoms with Gasteiger partial charge in [0.1, 0.15) is 5.01 Å². The molecular formula is C35H38ClN5O4S. The Labute approximate surface area is 277 Å². The summed E-state index contributed by atoms with van der Waals surface area (Å²) in [5.74, 6) is -0.0395. The summed E-state index contributed by atoms with van der Waals surface area (Å²) in [4.78, 5) is 22.7. The molecule has 5 aromatic rings. The van der Waals surface area contributed by atoms with Crippen LogP contribution in [0.15, 0.2) is 48.5 Å². The van der Waals surface area contributed by atoms with Crippen molar-refractivity contribution in [3.05, 3.63) is 64.7 Å². The van der Waals surface area contributed by atoms with Crippen LogP contribution in [-0.4, -0.2) is 81.8 Å². The molecule has 2 aliphatic rings. The highest BCUT2D eigenvalue weighted by atomic mass is 35.5. The van der Waals surface area contributed by atoms with Gasteiger partial charge in [-0.25, -0.2) is 9.78 Å². The summed E-state index contributed by atoms with van der Waals surface area (Å²) in [6.45, 7) is 13.0. The standard InChI is InChI=1S/C35H38ClN5O4S/c1-20-16-26-31(29(21-6-9-23(36)10-7-21)28(20)30(34(42)43)45-35(2,3)4)46-33(37-26)22-8-11-27-25(17-22)32(38-39(27)5)41-18-24(19-41)40-12-14-44-15-13-40/h6-11,16-17,24,30H,12-15,18-19H2,1-5H3,(H,42,43)/t30-/m0/s1. The average molecular weight is 660 g/mol. The number of hydrogen-bond donors (Lipinski definition) is 1. The number of morpholine rings is 1. The lowest BCUT2D eigenvalue weighted by Crippen LogP contribution is -2.61. The third kappa shape index (κ3) is 5.77. The van der Waals surface area contributed by atoms with Gasteiger partial charge in [0.25, 0.3) is 0 Å². The fraction of sp³-hybridized carbons (Fsp3) is 0.400. The molecular weight excluding hydrogens is 622 g/mol. The average Bonchev–Trinajstić information content (AvgIpc) is 3.56. The van der Waals surface area contributed by atoms with Crippen molar-refractivity contribution in [1.29, 1.82) is 0 Å². The molecule has 1 atom stereocenters. The highest BCUT2D eigenvalue weighted by Crippen LogP contribution is 2.45. The second-order valence-electron chi connectivity index (χ2n) is 13.2. The van der Waals surface area contributed by atoms with Crippen molar-refractivity contribution < 1.29 is 19.4 Å². The highest BCUT2D eigenvalue weighted by Gasteiger charge is 2.35. The molecule has 2 aromatic heterocycles. The van der Waals surface area contributed by atoms with E-state index in [-0.39, 0.29) is 0 Å². The van der Waals surface area contributed by atoms with E-state index in [1.54, 1.807) is 11.3 Å². The van der Waals surface area contributed by atoms with Crippen LogP contribution >= 0.6 is 22.9 Å². The van der Waals surface area contributed by atoms with E-state index in [1.807, 2.05) is 69.8 Å². The maximum absolute atomic E-state index is 12.7. The number of thiazole rings is 1. The van der Waals surface area contributed by atoms with Gasteiger partial charge < -0.3 is 19.5 Å². The maximum Gasteiger partial charge on any atom is 0.337 e. The lowest BCUT2D eigenvalue weighted by Gasteiger charge is -2.46. The quantitative estimate of drug-likeness (QED) is 0.201. The first-order valence-corrected chi connectivity index (χ1v) is 16.8. The van der Waals surface area contributed by atoms with Crippen molar-refractivity contribution in [2.45, 2.75) is 45.4 Å². The van der Waals surface area contributed by atoms with E-state index < -0.39 is 17.7 Å². The molecule has 0 spiro atoms. The Morgan fingerprint density at radius 3 is 2.46 bits per heavy atom. The number of aliphatic carboxylic acids is 1. The minimum Gasteiger partial charge on any atom is -0.479 e. The van der Waals surface area contributed by atoms with Gasteiger partial charge in [0.2, 0.25) is 0 Å². The van der Waals surface area contributed by atoms with Gasteiger partial charge in [-0.2, -0.15) is 5.10 Å². The fourth-order valence-corrected chi connectivity index (χ4v) is 7.82. The zero-order valence-corrected chi connectivity index (χ0v) is 28.3. The minimum atomic E-state index is -1.16. The molecule has 0 amide bonds. The first-order valence-electron chi connectivity index (χ1n) is 15.6. The Balaban J connectivity index is 1.32. The van der Waals surface area contributed by atoms with Gasteiger partial charge in [-0.1, -0.05) is 23.7 Å². The van der Waals surface area contributed by atoms with Gasteiger partial charge >= 0.3 is 5.97 Å². The number of carbonyl (C=O) groups is 1. The Kier molecular flexibility index (Phi) is 8.05. The molecule has 0 saturated carbocycles. The number of fused-ring (bicyclic) bond motifs is 2. The number of aryl methyl sites for hydroxylation is 2. The van der Waals surface area contributed by atoms with Gasteiger partial charge in [-0.15, -0.1) is 11.3 Å². The molecule has 240 valence electrons. The number of hydrogen-bond acceptors (Lipinski definition) is 8. The Morgan fingerprint density at radius 2 is 1.78 bits per heavy atom. The summed E-state index contributed by atoms with van der Waals surface area (Å²) in [7, 11) is 1.99. The minimum absolute atomic E-state index is 0.522. The molecule has 0 bridgehead atoms. The summed E-state index contributed by atoms with van der Waals surface area (Å²) >= 11 is 7.84. The van der Waals surface area contributed by atoms with Crippen LogP contribution in [0.25, 0.3) is 42.8 Å². The smallest absolute Gasteiger partial charge is 0.337 e. The number of ether oxygens (including phenoxy) is 2. The van der Waals surface area contributed by atoms with Crippen LogP contribution in [0.1, 0.15) is 38.0 Å². The van der Waals surface area contributed by atoms with E-state index in [9.17, 15) is 9.90 Å². The van der Waals surface area contributed by atoms with E-state index in [0.717, 1.165) is 93.6 Å². The summed E-state index contributed by atoms with van der Waals surface area (Å²) in [5, 5.41) is 17.9. The number of benzene rings is 3. The topological polar surface area (TPSA) is 93.0 Å². The molecule has 0 radical (unpaired) electrons. The molecule has 0 aliphatic carbocycles. The first kappa shape index (κ1) is 31.1. The van der Waals surface area contributed by atoms with E-state index in [0.29, 0.717) is 16.6 Å². The van der Waals surface area contributed by atoms with Gasteiger partial charge in [0.15, 0.2) is 11.9 Å². The molecule has 9 nitrogen and oxygen atoms in total. The fourth-order valence-electron chi connectivity index (χ4n) is 6.58. The van der Waals surface area contributed by atoms with E-state index in [1.165, 1.54) is 0 Å². The van der Waals surface area contributed by atoms with Crippen molar-refractivity contribution in [3.63, 3.8) is 0 Å². The summed E-state index contributed by atoms with van der Waals surface area (Å²) in [6, 6.07) is 16.4. The molecule has 2 saturated heterocycles. The zero-order chi connectivity index (χ0) is 32.3. The second-order valence-corrected chi connectivity index (χ2v) is 14.6. The van der Waals surface area contributed by atoms with Crippen molar-refractivity contribution in [2.75, 3.05) is 44.3 Å². The van der Waals surface area contributed by atoms with Crippen LogP contribution < -0.4 is 4.90 Å². The molecule has 11 heteroatoms. The number of halogens is 1. The zero-order valence-electron chi connectivity index (χ0n) is 26.7. The monoisotopic (exact) mass is 659 g/mol. The van der Waals surface area contributed by atoms with Crippen LogP contribution in [-0.2, 0) is 21.3 Å². The summed E-state index contributed by atoms with van der Waals surface area (Å²) in [6.07, 6.45) is -1.16. The predicted molar refractivity (Wildman–Crippen MR) is 184 cm³/mol. The molecule has 46 heavy (non-hydrogen) atoms. The summed E-state index contributed by atoms with van der Waals surface area (Å²) in [5.41, 5.74) is 5.32. The van der Waals surface area contributed by atoms with Crippen molar-refractivity contribution in [1.82, 2.24) is 19.7 Å². The number of carboxylic acids is 1. The molecule has 0 unspecified atom stereocenters. The molecule has 2 fully saturated rings. The van der Waals surface area contributed by atoms with Crippen molar-refractivity contribution >= 4 is 55.8 Å². The van der Waals surface area contributed by atoms with Gasteiger partial charge in [0, 0.05) is 66.4 Å². The molecule has 3 aromatic carbocycles. The second kappa shape index (κ2) is 11.9. The number of nitrogens with zero attached hydrogens (tertiary/aromatic N) is 5.